The van der Waals surface area contributed by atoms with Gasteiger partial charge in [0.15, 0.2) is 0 Å². The SMILES string of the molecule is CC(C)C[C@H](N)C(=O)O.CCCC[C@H](N)C(=O)O.CCCC[C@H](NC=O)C(=O)O.NCCCC[C@H](N)C(=O)O.N[C@@H](Cc1ccc(O)cc1)C(=O)O.N[C@@H](Cc1ccccc1)C(=O)O. The van der Waals surface area contributed by atoms with Crippen molar-refractivity contribution in [2.45, 2.75) is 141 Å². The summed E-state index contributed by atoms with van der Waals surface area (Å²) < 4.78 is 0. The number of phenolic OH excluding ortho intramolecular Hbond substituents is 1. The molecule has 2 aromatic carbocycles. The van der Waals surface area contributed by atoms with Gasteiger partial charge in [0.05, 0.1) is 0 Å². The molecule has 0 aromatic heterocycles. The van der Waals surface area contributed by atoms with Crippen molar-refractivity contribution >= 4 is 42.2 Å². The summed E-state index contributed by atoms with van der Waals surface area (Å²) in [6, 6.07) is 11.2. The number of aromatic hydroxyl groups is 1. The van der Waals surface area contributed by atoms with E-state index in [2.05, 4.69) is 5.32 Å². The van der Waals surface area contributed by atoms with Crippen LogP contribution in [0.25, 0.3) is 0 Å². The lowest BCUT2D eigenvalue weighted by molar-refractivity contribution is -0.141. The van der Waals surface area contributed by atoms with Crippen LogP contribution in [-0.4, -0.2) is 121 Å². The second kappa shape index (κ2) is 41.3. The Kier molecular flexibility index (Phi) is 41.9. The first-order valence-electron chi connectivity index (χ1n) is 20.8. The Bertz CT molecular complexity index is 1550. The van der Waals surface area contributed by atoms with Gasteiger partial charge in [-0.25, -0.2) is 4.79 Å². The number of aliphatic carboxylic acids is 6. The molecule has 0 heterocycles. The van der Waals surface area contributed by atoms with E-state index >= 15 is 0 Å². The van der Waals surface area contributed by atoms with Crippen LogP contribution in [0.3, 0.4) is 0 Å². The van der Waals surface area contributed by atoms with E-state index in [-0.39, 0.29) is 12.2 Å². The number of phenols is 1. The number of unbranched alkanes of at least 4 members (excludes halogenated alkanes) is 3. The number of amides is 1. The first-order chi connectivity index (χ1) is 29.9. The number of nitrogens with one attached hydrogen (secondary N) is 1. The van der Waals surface area contributed by atoms with Gasteiger partial charge in [-0.05, 0) is 80.7 Å². The smallest absolute Gasteiger partial charge is 0.326 e. The van der Waals surface area contributed by atoms with Crippen molar-refractivity contribution in [3.63, 3.8) is 0 Å². The van der Waals surface area contributed by atoms with E-state index in [4.69, 9.17) is 70.1 Å². The molecule has 2 rings (SSSR count). The fraction of sp³-hybridized carbons (Fsp3) is 0.558. The first kappa shape index (κ1) is 64.9. The van der Waals surface area contributed by atoms with E-state index in [1.807, 2.05) is 58.0 Å². The van der Waals surface area contributed by atoms with Crippen LogP contribution in [-0.2, 0) is 46.4 Å². The average molecular weight is 914 g/mol. The summed E-state index contributed by atoms with van der Waals surface area (Å²) in [6.07, 6.45) is 8.54. The Labute approximate surface area is 375 Å². The molecule has 366 valence electrons. The van der Waals surface area contributed by atoms with Gasteiger partial charge in [0.2, 0.25) is 6.41 Å². The zero-order chi connectivity index (χ0) is 50.2. The Morgan fingerprint density at radius 3 is 1.27 bits per heavy atom. The standard InChI is InChI=1S/C9H11NO3.C9H11NO2.C7H13NO3.C6H14N2O2.2C6H13NO2/c10-8(9(12)13)5-6-1-3-7(11)4-2-6;10-8(9(11)12)6-7-4-2-1-3-5-7;1-2-3-4-6(7(10)11)8-5-9;7-4-2-1-3-5(8)6(9)10;1-4(2)3-5(7)6(8)9;1-2-3-4-5(7)6(8)9/h1-4,8,11H,5,10H2,(H,12,13);1-5,8H,6,10H2,(H,11,12);5-6H,2-4H2,1H3,(H,8,9)(H,10,11);5H,1-4,7-8H2,(H,9,10);4-5H,3,7H2,1-2H3,(H,8,9);5H,2-4,7H2,1H3,(H,8,9)/t2*8-;6-;3*5-/m000000/s1. The summed E-state index contributed by atoms with van der Waals surface area (Å²) in [5, 5.41) is 61.7. The van der Waals surface area contributed by atoms with Crippen molar-refractivity contribution in [2.24, 2.45) is 40.3 Å². The van der Waals surface area contributed by atoms with E-state index in [0.29, 0.717) is 51.0 Å². The minimum atomic E-state index is -1.02. The highest BCUT2D eigenvalue weighted by Gasteiger charge is 2.15. The monoisotopic (exact) mass is 914 g/mol. The Morgan fingerprint density at radius 2 is 0.938 bits per heavy atom. The molecule has 0 saturated carbocycles. The van der Waals surface area contributed by atoms with Crippen LogP contribution in [0.4, 0.5) is 0 Å². The van der Waals surface area contributed by atoms with Gasteiger partial charge in [-0.2, -0.15) is 0 Å². The highest BCUT2D eigenvalue weighted by molar-refractivity contribution is 5.76. The molecule has 0 aliphatic heterocycles. The second-order valence-corrected chi connectivity index (χ2v) is 14.7. The maximum absolute atomic E-state index is 10.4. The third-order valence-electron chi connectivity index (χ3n) is 8.25. The van der Waals surface area contributed by atoms with Crippen molar-refractivity contribution in [2.75, 3.05) is 6.54 Å². The molecule has 64 heavy (non-hydrogen) atoms. The van der Waals surface area contributed by atoms with E-state index in [9.17, 15) is 33.6 Å². The molecule has 1 amide bonds. The lowest BCUT2D eigenvalue weighted by atomic mass is 10.1. The fourth-order valence-corrected chi connectivity index (χ4v) is 4.49. The van der Waals surface area contributed by atoms with Gasteiger partial charge in [-0.1, -0.05) is 102 Å². The van der Waals surface area contributed by atoms with Crippen LogP contribution in [0.5, 0.6) is 5.75 Å². The molecule has 0 bridgehead atoms. The van der Waals surface area contributed by atoms with Gasteiger partial charge in [-0.15, -0.1) is 0 Å². The van der Waals surface area contributed by atoms with Crippen molar-refractivity contribution in [1.82, 2.24) is 5.32 Å². The third-order valence-corrected chi connectivity index (χ3v) is 8.25. The van der Waals surface area contributed by atoms with Crippen LogP contribution in [0.2, 0.25) is 0 Å². The lowest BCUT2D eigenvalue weighted by Crippen LogP contribution is -2.35. The third kappa shape index (κ3) is 41.6. The molecule has 0 fully saturated rings. The van der Waals surface area contributed by atoms with Crippen molar-refractivity contribution in [3.05, 3.63) is 65.7 Å². The predicted molar refractivity (Wildman–Crippen MR) is 242 cm³/mol. The molecular formula is C43H75N7O14. The predicted octanol–water partition coefficient (Wildman–Crippen LogP) is 1.92. The number of nitrogens with two attached hydrogens (primary N) is 6. The number of carbonyl (C=O) groups is 7. The molecular weight excluding hydrogens is 839 g/mol. The summed E-state index contributed by atoms with van der Waals surface area (Å²) in [5.74, 6) is -5.18. The zero-order valence-corrected chi connectivity index (χ0v) is 37.5. The van der Waals surface area contributed by atoms with Crippen LogP contribution in [0, 0.1) is 5.92 Å². The average Bonchev–Trinajstić information content (AvgIpc) is 3.23. The van der Waals surface area contributed by atoms with Crippen molar-refractivity contribution in [3.8, 4) is 5.75 Å². The fourth-order valence-electron chi connectivity index (χ4n) is 4.49. The molecule has 0 unspecified atom stereocenters. The molecule has 0 saturated heterocycles. The molecule has 21 nitrogen and oxygen atoms in total. The van der Waals surface area contributed by atoms with Gasteiger partial charge in [0, 0.05) is 0 Å². The van der Waals surface area contributed by atoms with Gasteiger partial charge >= 0.3 is 35.8 Å². The summed E-state index contributed by atoms with van der Waals surface area (Å²) in [4.78, 5) is 71.4. The molecule has 21 heteroatoms. The Morgan fingerprint density at radius 1 is 0.547 bits per heavy atom. The molecule has 0 aliphatic rings. The second-order valence-electron chi connectivity index (χ2n) is 14.7. The quantitative estimate of drug-likeness (QED) is 0.0528. The van der Waals surface area contributed by atoms with Gasteiger partial charge < -0.3 is 75.5 Å². The van der Waals surface area contributed by atoms with Crippen molar-refractivity contribution < 1.29 is 69.3 Å². The zero-order valence-electron chi connectivity index (χ0n) is 37.5. The largest absolute Gasteiger partial charge is 0.508 e. The normalized spacial score (nSPS) is 12.7. The Balaban J connectivity index is -0.000000340. The minimum Gasteiger partial charge on any atom is -0.508 e. The number of carboxylic acids is 6. The topological polar surface area (TPSA) is 429 Å². The van der Waals surface area contributed by atoms with E-state index in [1.165, 1.54) is 12.1 Å². The van der Waals surface area contributed by atoms with Crippen molar-refractivity contribution in [1.29, 1.82) is 0 Å². The first-order valence-corrected chi connectivity index (χ1v) is 20.8. The lowest BCUT2D eigenvalue weighted by Gasteiger charge is -2.08. The highest BCUT2D eigenvalue weighted by atomic mass is 16.4. The summed E-state index contributed by atoms with van der Waals surface area (Å²) in [7, 11) is 0. The number of carboxylic acid groups (broad SMARTS) is 6. The highest BCUT2D eigenvalue weighted by Crippen LogP contribution is 2.11. The number of hydrogen-bond donors (Lipinski definition) is 14. The van der Waals surface area contributed by atoms with E-state index < -0.39 is 72.1 Å². The van der Waals surface area contributed by atoms with Gasteiger partial charge in [0.25, 0.3) is 0 Å². The molecule has 0 radical (unpaired) electrons. The van der Waals surface area contributed by atoms with Gasteiger partial charge in [-0.3, -0.25) is 28.8 Å². The Hall–Kier alpha value is -5.71. The van der Waals surface area contributed by atoms with Crippen LogP contribution in [0.15, 0.2) is 54.6 Å². The summed E-state index contributed by atoms with van der Waals surface area (Å²) in [6.45, 7) is 8.48. The number of rotatable bonds is 24. The summed E-state index contributed by atoms with van der Waals surface area (Å²) >= 11 is 0. The van der Waals surface area contributed by atoms with E-state index in [0.717, 1.165) is 49.7 Å². The van der Waals surface area contributed by atoms with Crippen LogP contribution in [0.1, 0.15) is 103 Å². The maximum Gasteiger partial charge on any atom is 0.326 e. The molecule has 0 spiro atoms. The molecule has 0 aliphatic carbocycles. The van der Waals surface area contributed by atoms with Crippen LogP contribution < -0.4 is 39.7 Å². The number of carbonyl (C=O) groups excluding carboxylic acids is 1. The molecule has 2 aromatic rings. The number of hydrogen-bond acceptors (Lipinski definition) is 14. The van der Waals surface area contributed by atoms with E-state index in [1.54, 1.807) is 12.1 Å². The van der Waals surface area contributed by atoms with Crippen LogP contribution >= 0.6 is 0 Å². The maximum atomic E-state index is 10.4. The molecule has 20 N–H and O–H groups in total. The number of benzene rings is 2. The molecule has 6 atom stereocenters. The minimum absolute atomic E-state index is 0.160. The summed E-state index contributed by atoms with van der Waals surface area (Å²) in [5.41, 5.74) is 33.3. The van der Waals surface area contributed by atoms with Gasteiger partial charge in [0.1, 0.15) is 42.0 Å².